The number of nitrogens with one attached hydrogen (secondary N) is 1. The lowest BCUT2D eigenvalue weighted by molar-refractivity contribution is -0.119. The average molecular weight is 461 g/mol. The zero-order chi connectivity index (χ0) is 23.3. The molecule has 0 unspecified atom stereocenters. The molecule has 0 radical (unpaired) electrons. The Bertz CT molecular complexity index is 1090. The van der Waals surface area contributed by atoms with Gasteiger partial charge in [0.15, 0.2) is 6.61 Å². The van der Waals surface area contributed by atoms with E-state index < -0.39 is 28.5 Å². The number of amides is 1. The molecule has 0 atom stereocenters. The van der Waals surface area contributed by atoms with Crippen LogP contribution in [0.15, 0.2) is 47.4 Å². The fourth-order valence-electron chi connectivity index (χ4n) is 3.45. The van der Waals surface area contributed by atoms with Crippen molar-refractivity contribution in [3.05, 3.63) is 59.2 Å². The minimum absolute atomic E-state index is 0.000197. The van der Waals surface area contributed by atoms with E-state index >= 15 is 0 Å². The largest absolute Gasteiger partial charge is 0.452 e. The normalized spacial score (nSPS) is 14.9. The van der Waals surface area contributed by atoms with Gasteiger partial charge in [-0.15, -0.1) is 0 Å². The van der Waals surface area contributed by atoms with Gasteiger partial charge in [0, 0.05) is 18.8 Å². The fourth-order valence-corrected chi connectivity index (χ4v) is 4.91. The van der Waals surface area contributed by atoms with Gasteiger partial charge >= 0.3 is 5.97 Å². The van der Waals surface area contributed by atoms with Crippen molar-refractivity contribution in [2.45, 2.75) is 31.6 Å². The molecule has 1 aliphatic heterocycles. The fraction of sp³-hybridized carbons (Fsp3) is 0.391. The summed E-state index contributed by atoms with van der Waals surface area (Å²) in [6.45, 7) is 6.65. The number of esters is 1. The lowest BCUT2D eigenvalue weighted by atomic mass is 9.98. The number of anilines is 1. The first-order valence-electron chi connectivity index (χ1n) is 10.4. The van der Waals surface area contributed by atoms with Crippen molar-refractivity contribution in [3.8, 4) is 0 Å². The van der Waals surface area contributed by atoms with Gasteiger partial charge in [-0.25, -0.2) is 13.2 Å². The van der Waals surface area contributed by atoms with E-state index in [0.29, 0.717) is 18.9 Å². The number of rotatable bonds is 7. The number of aryl methyl sites for hydroxylation is 1. The maximum Gasteiger partial charge on any atom is 0.338 e. The van der Waals surface area contributed by atoms with Crippen LogP contribution >= 0.6 is 0 Å². The van der Waals surface area contributed by atoms with Crippen LogP contribution in [-0.4, -0.2) is 57.5 Å². The Hall–Kier alpha value is -2.75. The molecule has 1 fully saturated rings. The van der Waals surface area contributed by atoms with Crippen molar-refractivity contribution in [2.24, 2.45) is 0 Å². The van der Waals surface area contributed by atoms with Gasteiger partial charge in [0.05, 0.1) is 23.7 Å². The Morgan fingerprint density at radius 1 is 1.12 bits per heavy atom. The number of nitrogens with zero attached hydrogens (tertiary/aromatic N) is 1. The Labute approximate surface area is 188 Å². The average Bonchev–Trinajstić information content (AvgIpc) is 2.79. The van der Waals surface area contributed by atoms with Gasteiger partial charge in [-0.3, -0.25) is 4.79 Å². The number of morpholine rings is 1. The maximum absolute atomic E-state index is 12.8. The highest BCUT2D eigenvalue weighted by atomic mass is 32.2. The summed E-state index contributed by atoms with van der Waals surface area (Å²) < 4.78 is 37.3. The number of benzene rings is 2. The van der Waals surface area contributed by atoms with Crippen LogP contribution < -0.4 is 5.32 Å². The van der Waals surface area contributed by atoms with E-state index in [4.69, 9.17) is 9.47 Å². The maximum atomic E-state index is 12.8. The molecule has 1 amide bonds. The van der Waals surface area contributed by atoms with E-state index in [9.17, 15) is 18.0 Å². The number of para-hydroxylation sites is 1. The van der Waals surface area contributed by atoms with Crippen LogP contribution in [0.25, 0.3) is 0 Å². The van der Waals surface area contributed by atoms with Crippen LogP contribution in [0.5, 0.6) is 0 Å². The molecule has 1 N–H and O–H groups in total. The van der Waals surface area contributed by atoms with Gasteiger partial charge in [0.25, 0.3) is 5.91 Å². The molecule has 0 spiro atoms. The highest BCUT2D eigenvalue weighted by molar-refractivity contribution is 7.89. The van der Waals surface area contributed by atoms with Gasteiger partial charge in [-0.05, 0) is 42.2 Å². The molecule has 8 nitrogen and oxygen atoms in total. The molecule has 3 rings (SSSR count). The van der Waals surface area contributed by atoms with Crippen LogP contribution in [-0.2, 0) is 24.3 Å². The predicted octanol–water partition coefficient (Wildman–Crippen LogP) is 2.93. The van der Waals surface area contributed by atoms with Crippen molar-refractivity contribution in [3.63, 3.8) is 0 Å². The summed E-state index contributed by atoms with van der Waals surface area (Å²) >= 11 is 0. The molecule has 2 aromatic rings. The molecule has 0 aromatic heterocycles. The molecular formula is C23H28N2O6S. The van der Waals surface area contributed by atoms with Gasteiger partial charge in [0.1, 0.15) is 0 Å². The van der Waals surface area contributed by atoms with Gasteiger partial charge in [-0.1, -0.05) is 38.1 Å². The molecule has 9 heteroatoms. The van der Waals surface area contributed by atoms with Crippen LogP contribution in [0.1, 0.15) is 41.3 Å². The second kappa shape index (κ2) is 10.2. The molecule has 1 saturated heterocycles. The summed E-state index contributed by atoms with van der Waals surface area (Å²) in [6.07, 6.45) is 0. The Morgan fingerprint density at radius 2 is 1.81 bits per heavy atom. The third kappa shape index (κ3) is 5.53. The van der Waals surface area contributed by atoms with Crippen LogP contribution in [0.2, 0.25) is 0 Å². The highest BCUT2D eigenvalue weighted by Gasteiger charge is 2.27. The minimum atomic E-state index is -3.74. The lowest BCUT2D eigenvalue weighted by Gasteiger charge is -2.26. The number of hydrogen-bond donors (Lipinski definition) is 1. The summed E-state index contributed by atoms with van der Waals surface area (Å²) in [5.74, 6) is -1.02. The molecule has 0 saturated carbocycles. The van der Waals surface area contributed by atoms with Crippen molar-refractivity contribution >= 4 is 27.6 Å². The zero-order valence-corrected chi connectivity index (χ0v) is 19.3. The first kappa shape index (κ1) is 23.9. The highest BCUT2D eigenvalue weighted by Crippen LogP contribution is 2.27. The Balaban J connectivity index is 1.66. The monoisotopic (exact) mass is 460 g/mol. The lowest BCUT2D eigenvalue weighted by Crippen LogP contribution is -2.40. The molecule has 1 aliphatic rings. The van der Waals surface area contributed by atoms with E-state index in [1.54, 1.807) is 0 Å². The quantitative estimate of drug-likeness (QED) is 0.638. The van der Waals surface area contributed by atoms with Crippen molar-refractivity contribution in [1.82, 2.24) is 4.31 Å². The number of sulfonamides is 1. The molecule has 2 aromatic carbocycles. The topological polar surface area (TPSA) is 102 Å². The molecule has 172 valence electrons. The van der Waals surface area contributed by atoms with Crippen molar-refractivity contribution in [2.75, 3.05) is 38.2 Å². The van der Waals surface area contributed by atoms with Crippen molar-refractivity contribution < 1.29 is 27.5 Å². The Kier molecular flexibility index (Phi) is 7.65. The van der Waals surface area contributed by atoms with E-state index in [1.807, 2.05) is 39.0 Å². The van der Waals surface area contributed by atoms with E-state index in [2.05, 4.69) is 5.32 Å². The predicted molar refractivity (Wildman–Crippen MR) is 120 cm³/mol. The second-order valence-corrected chi connectivity index (χ2v) is 9.80. The van der Waals surface area contributed by atoms with Gasteiger partial charge < -0.3 is 14.8 Å². The van der Waals surface area contributed by atoms with E-state index in [1.165, 1.54) is 28.6 Å². The minimum Gasteiger partial charge on any atom is -0.452 e. The van der Waals surface area contributed by atoms with Crippen molar-refractivity contribution in [1.29, 1.82) is 0 Å². The SMILES string of the molecule is Cc1cccc(C(C)C)c1NC(=O)COC(=O)c1cccc(S(=O)(=O)N2CCOCC2)c1. The van der Waals surface area contributed by atoms with Gasteiger partial charge in [0.2, 0.25) is 10.0 Å². The summed E-state index contributed by atoms with van der Waals surface area (Å²) in [7, 11) is -3.74. The third-order valence-corrected chi connectivity index (χ3v) is 7.10. The van der Waals surface area contributed by atoms with E-state index in [-0.39, 0.29) is 29.5 Å². The third-order valence-electron chi connectivity index (χ3n) is 5.20. The van der Waals surface area contributed by atoms with Crippen LogP contribution in [0.3, 0.4) is 0 Å². The summed E-state index contributed by atoms with van der Waals surface area (Å²) in [5, 5.41) is 2.82. The Morgan fingerprint density at radius 3 is 2.50 bits per heavy atom. The summed E-state index contributed by atoms with van der Waals surface area (Å²) in [5.41, 5.74) is 2.68. The van der Waals surface area contributed by atoms with Gasteiger partial charge in [-0.2, -0.15) is 4.31 Å². The van der Waals surface area contributed by atoms with Crippen LogP contribution in [0, 0.1) is 6.92 Å². The van der Waals surface area contributed by atoms with Crippen LogP contribution in [0.4, 0.5) is 5.69 Å². The molecular weight excluding hydrogens is 432 g/mol. The smallest absolute Gasteiger partial charge is 0.338 e. The number of carbonyl (C=O) groups excluding carboxylic acids is 2. The number of hydrogen-bond acceptors (Lipinski definition) is 6. The number of carbonyl (C=O) groups is 2. The molecule has 32 heavy (non-hydrogen) atoms. The standard InChI is InChI=1S/C23H28N2O6S/c1-16(2)20-9-4-6-17(3)22(20)24-21(26)15-31-23(27)18-7-5-8-19(14-18)32(28,29)25-10-12-30-13-11-25/h4-9,14,16H,10-13,15H2,1-3H3,(H,24,26). The van der Waals surface area contributed by atoms with E-state index in [0.717, 1.165) is 11.1 Å². The molecule has 0 aliphatic carbocycles. The first-order chi connectivity index (χ1) is 15.2. The summed E-state index contributed by atoms with van der Waals surface area (Å²) in [4.78, 5) is 24.9. The second-order valence-electron chi connectivity index (χ2n) is 7.86. The summed E-state index contributed by atoms with van der Waals surface area (Å²) in [6, 6.07) is 11.4. The number of ether oxygens (including phenoxy) is 2. The zero-order valence-electron chi connectivity index (χ0n) is 18.5. The molecule has 1 heterocycles. The first-order valence-corrected chi connectivity index (χ1v) is 11.9. The molecule has 0 bridgehead atoms.